The number of rotatable bonds is 7. The number of benzene rings is 2. The van der Waals surface area contributed by atoms with Gasteiger partial charge < -0.3 is 15.2 Å². The molecule has 0 aliphatic rings. The van der Waals surface area contributed by atoms with E-state index in [1.165, 1.54) is 0 Å². The molecule has 29 heavy (non-hydrogen) atoms. The zero-order chi connectivity index (χ0) is 20.6. The van der Waals surface area contributed by atoms with Crippen LogP contribution < -0.4 is 10.6 Å². The molecule has 6 nitrogen and oxygen atoms in total. The number of aliphatic imine (C=N–C) groups is 1. The van der Waals surface area contributed by atoms with Gasteiger partial charge in [-0.25, -0.2) is 13.8 Å². The second-order valence-electron chi connectivity index (χ2n) is 6.13. The van der Waals surface area contributed by atoms with Crippen molar-refractivity contribution in [1.82, 2.24) is 20.8 Å². The molecule has 0 atom stereocenters. The molecule has 1 aromatic heterocycles. The van der Waals surface area contributed by atoms with Gasteiger partial charge in [0.2, 0.25) is 11.7 Å². The Balaban J connectivity index is 1.57. The van der Waals surface area contributed by atoms with Crippen molar-refractivity contribution in [2.45, 2.75) is 19.9 Å². The van der Waals surface area contributed by atoms with Crippen LogP contribution in [0.15, 0.2) is 52.0 Å². The highest BCUT2D eigenvalue weighted by molar-refractivity contribution is 6.30. The van der Waals surface area contributed by atoms with E-state index in [1.54, 1.807) is 12.1 Å². The lowest BCUT2D eigenvalue weighted by Crippen LogP contribution is -2.38. The fourth-order valence-electron chi connectivity index (χ4n) is 2.56. The highest BCUT2D eigenvalue weighted by atomic mass is 35.5. The first-order valence-electron chi connectivity index (χ1n) is 9.10. The number of halogens is 3. The standard InChI is InChI=1S/C20H20ClF2N5O/c1-2-24-20(26-12-14-11-16(22)6-7-17(14)23)25-9-8-18-27-19(28-29-18)13-4-3-5-15(21)10-13/h3-7,10-11H,2,8-9,12H2,1H3,(H2,24,25,26). The van der Waals surface area contributed by atoms with E-state index < -0.39 is 11.6 Å². The normalized spacial score (nSPS) is 11.5. The molecule has 3 aromatic rings. The Morgan fingerprint density at radius 3 is 2.83 bits per heavy atom. The van der Waals surface area contributed by atoms with Crippen LogP contribution in [-0.4, -0.2) is 29.2 Å². The molecular formula is C20H20ClF2N5O. The van der Waals surface area contributed by atoms with Crippen molar-refractivity contribution in [2.24, 2.45) is 4.99 Å². The summed E-state index contributed by atoms with van der Waals surface area (Å²) in [6, 6.07) is 10.5. The third-order valence-electron chi connectivity index (χ3n) is 3.94. The van der Waals surface area contributed by atoms with Crippen LogP contribution >= 0.6 is 11.6 Å². The molecule has 0 aliphatic heterocycles. The quantitative estimate of drug-likeness (QED) is 0.447. The summed E-state index contributed by atoms with van der Waals surface area (Å²) in [4.78, 5) is 8.64. The largest absolute Gasteiger partial charge is 0.357 e. The number of nitrogens with zero attached hydrogens (tertiary/aromatic N) is 3. The molecule has 0 spiro atoms. The van der Waals surface area contributed by atoms with E-state index in [9.17, 15) is 8.78 Å². The summed E-state index contributed by atoms with van der Waals surface area (Å²) in [6.07, 6.45) is 0.465. The van der Waals surface area contributed by atoms with Crippen molar-refractivity contribution in [1.29, 1.82) is 0 Å². The van der Waals surface area contributed by atoms with Gasteiger partial charge in [-0.05, 0) is 37.3 Å². The Kier molecular flexibility index (Phi) is 7.13. The number of guanidine groups is 1. The lowest BCUT2D eigenvalue weighted by atomic mass is 10.2. The molecule has 0 amide bonds. The SMILES string of the molecule is CCNC(=NCc1cc(F)ccc1F)NCCc1nc(-c2cccc(Cl)c2)no1. The lowest BCUT2D eigenvalue weighted by Gasteiger charge is -2.10. The Hall–Kier alpha value is -3.00. The third-order valence-corrected chi connectivity index (χ3v) is 4.18. The molecular weight excluding hydrogens is 400 g/mol. The molecule has 2 N–H and O–H groups in total. The Morgan fingerprint density at radius 2 is 2.03 bits per heavy atom. The maximum absolute atomic E-state index is 13.7. The molecule has 0 unspecified atom stereocenters. The summed E-state index contributed by atoms with van der Waals surface area (Å²) in [7, 11) is 0. The van der Waals surface area contributed by atoms with Crippen molar-refractivity contribution >= 4 is 17.6 Å². The van der Waals surface area contributed by atoms with Crippen LogP contribution in [-0.2, 0) is 13.0 Å². The highest BCUT2D eigenvalue weighted by Crippen LogP contribution is 2.19. The zero-order valence-corrected chi connectivity index (χ0v) is 16.5. The van der Waals surface area contributed by atoms with Crippen molar-refractivity contribution in [3.63, 3.8) is 0 Å². The van der Waals surface area contributed by atoms with Crippen molar-refractivity contribution < 1.29 is 13.3 Å². The molecule has 9 heteroatoms. The van der Waals surface area contributed by atoms with E-state index in [4.69, 9.17) is 16.1 Å². The van der Waals surface area contributed by atoms with Crippen molar-refractivity contribution in [2.75, 3.05) is 13.1 Å². The summed E-state index contributed by atoms with van der Waals surface area (Å²) >= 11 is 5.98. The minimum absolute atomic E-state index is 0.0123. The van der Waals surface area contributed by atoms with Gasteiger partial charge in [0, 0.05) is 35.7 Å². The molecule has 0 saturated carbocycles. The maximum Gasteiger partial charge on any atom is 0.228 e. The van der Waals surface area contributed by atoms with E-state index in [-0.39, 0.29) is 12.1 Å². The summed E-state index contributed by atoms with van der Waals surface area (Å²) in [5.41, 5.74) is 0.956. The second-order valence-corrected chi connectivity index (χ2v) is 6.57. The minimum Gasteiger partial charge on any atom is -0.357 e. The van der Waals surface area contributed by atoms with E-state index >= 15 is 0 Å². The van der Waals surface area contributed by atoms with Crippen LogP contribution in [0.3, 0.4) is 0 Å². The van der Waals surface area contributed by atoms with Gasteiger partial charge in [0.25, 0.3) is 0 Å². The monoisotopic (exact) mass is 419 g/mol. The molecule has 1 heterocycles. The van der Waals surface area contributed by atoms with Gasteiger partial charge in [0.05, 0.1) is 6.54 Å². The van der Waals surface area contributed by atoms with Crippen molar-refractivity contribution in [3.05, 3.63) is 70.6 Å². The summed E-state index contributed by atoms with van der Waals surface area (Å²) in [5, 5.41) is 10.7. The molecule has 0 bridgehead atoms. The van der Waals surface area contributed by atoms with Gasteiger partial charge in [0.15, 0.2) is 5.96 Å². The Morgan fingerprint density at radius 1 is 1.17 bits per heavy atom. The van der Waals surface area contributed by atoms with Crippen LogP contribution in [0.4, 0.5) is 8.78 Å². The van der Waals surface area contributed by atoms with Gasteiger partial charge in [-0.3, -0.25) is 0 Å². The maximum atomic E-state index is 13.7. The average molecular weight is 420 g/mol. The number of hydrogen-bond donors (Lipinski definition) is 2. The average Bonchev–Trinajstić information content (AvgIpc) is 3.17. The fourth-order valence-corrected chi connectivity index (χ4v) is 2.75. The molecule has 0 aliphatic carbocycles. The smallest absolute Gasteiger partial charge is 0.228 e. The predicted molar refractivity (Wildman–Crippen MR) is 108 cm³/mol. The van der Waals surface area contributed by atoms with Crippen LogP contribution in [0.2, 0.25) is 5.02 Å². The molecule has 0 saturated heterocycles. The second kappa shape index (κ2) is 9.97. The number of aromatic nitrogens is 2. The Bertz CT molecular complexity index is 993. The number of hydrogen-bond acceptors (Lipinski definition) is 4. The molecule has 2 aromatic carbocycles. The first-order chi connectivity index (χ1) is 14.0. The van der Waals surface area contributed by atoms with Crippen molar-refractivity contribution in [3.8, 4) is 11.4 Å². The highest BCUT2D eigenvalue weighted by Gasteiger charge is 2.09. The molecule has 152 valence electrons. The fraction of sp³-hybridized carbons (Fsp3) is 0.250. The third kappa shape index (κ3) is 5.99. The molecule has 0 radical (unpaired) electrons. The van der Waals surface area contributed by atoms with E-state index in [0.717, 1.165) is 23.8 Å². The molecule has 3 rings (SSSR count). The number of nitrogens with one attached hydrogen (secondary N) is 2. The first-order valence-corrected chi connectivity index (χ1v) is 9.47. The van der Waals surface area contributed by atoms with Crippen LogP contribution in [0.25, 0.3) is 11.4 Å². The van der Waals surface area contributed by atoms with Gasteiger partial charge in [-0.15, -0.1) is 0 Å². The van der Waals surface area contributed by atoms with E-state index in [1.807, 2.05) is 19.1 Å². The zero-order valence-electron chi connectivity index (χ0n) is 15.8. The summed E-state index contributed by atoms with van der Waals surface area (Å²) in [6.45, 7) is 3.01. The van der Waals surface area contributed by atoms with Crippen LogP contribution in [0, 0.1) is 11.6 Å². The Labute approximate surface area is 172 Å². The van der Waals surface area contributed by atoms with Gasteiger partial charge in [-0.1, -0.05) is 28.9 Å². The topological polar surface area (TPSA) is 75.3 Å². The minimum atomic E-state index is -0.499. The predicted octanol–water partition coefficient (Wildman–Crippen LogP) is 3.97. The lowest BCUT2D eigenvalue weighted by molar-refractivity contribution is 0.378. The van der Waals surface area contributed by atoms with E-state index in [0.29, 0.717) is 42.2 Å². The van der Waals surface area contributed by atoms with Gasteiger partial charge in [0.1, 0.15) is 11.6 Å². The van der Waals surface area contributed by atoms with Gasteiger partial charge in [-0.2, -0.15) is 4.98 Å². The van der Waals surface area contributed by atoms with Crippen LogP contribution in [0.5, 0.6) is 0 Å². The summed E-state index contributed by atoms with van der Waals surface area (Å²) < 4.78 is 32.3. The molecule has 0 fully saturated rings. The van der Waals surface area contributed by atoms with Crippen LogP contribution in [0.1, 0.15) is 18.4 Å². The van der Waals surface area contributed by atoms with Gasteiger partial charge >= 0.3 is 0 Å². The first kappa shape index (κ1) is 20.7. The van der Waals surface area contributed by atoms with E-state index in [2.05, 4.69) is 25.8 Å². The summed E-state index contributed by atoms with van der Waals surface area (Å²) in [5.74, 6) is 0.404.